The van der Waals surface area contributed by atoms with Crippen LogP contribution < -0.4 is 15.9 Å². The average molecular weight is 408 g/mol. The molecule has 152 valence electrons. The monoisotopic (exact) mass is 407 g/mol. The van der Waals surface area contributed by atoms with Crippen molar-refractivity contribution in [1.29, 1.82) is 0 Å². The molecule has 0 saturated heterocycles. The van der Waals surface area contributed by atoms with Crippen molar-refractivity contribution in [2.75, 3.05) is 12.4 Å². The molecule has 3 rings (SSSR count). The molecule has 1 fully saturated rings. The number of benzene rings is 1. The maximum absolute atomic E-state index is 13.6. The molecule has 1 saturated carbocycles. The van der Waals surface area contributed by atoms with Crippen molar-refractivity contribution in [1.82, 2.24) is 20.2 Å². The van der Waals surface area contributed by atoms with Crippen LogP contribution in [0, 0.1) is 11.7 Å². The van der Waals surface area contributed by atoms with E-state index in [1.807, 2.05) is 6.92 Å². The van der Waals surface area contributed by atoms with E-state index in [4.69, 9.17) is 10.6 Å². The molecule has 1 aromatic heterocycles. The highest BCUT2D eigenvalue weighted by Gasteiger charge is 2.21. The molecule has 0 radical (unpaired) electrons. The van der Waals surface area contributed by atoms with E-state index in [0.717, 1.165) is 6.54 Å². The maximum atomic E-state index is 13.6. The van der Waals surface area contributed by atoms with E-state index in [0.29, 0.717) is 16.9 Å². The molecule has 1 aliphatic carbocycles. The van der Waals surface area contributed by atoms with Gasteiger partial charge < -0.3 is 15.9 Å². The third-order valence-corrected chi connectivity index (χ3v) is 5.93. The molecule has 1 heterocycles. The van der Waals surface area contributed by atoms with Gasteiger partial charge in [0.1, 0.15) is 6.61 Å². The van der Waals surface area contributed by atoms with Crippen molar-refractivity contribution < 1.29 is 13.9 Å². The van der Waals surface area contributed by atoms with Gasteiger partial charge >= 0.3 is 0 Å². The molecular weight excluding hydrogens is 381 g/mol. The molecule has 0 spiro atoms. The van der Waals surface area contributed by atoms with Crippen molar-refractivity contribution in [3.63, 3.8) is 0 Å². The number of carbonyl (C=O) groups excluding carboxylic acids is 1. The lowest BCUT2D eigenvalue weighted by Crippen LogP contribution is -2.35. The van der Waals surface area contributed by atoms with Crippen LogP contribution in [-0.4, -0.2) is 32.6 Å². The number of rotatable bonds is 8. The van der Waals surface area contributed by atoms with Crippen LogP contribution in [-0.2, 0) is 11.4 Å². The summed E-state index contributed by atoms with van der Waals surface area (Å²) in [6, 6.07) is 6.11. The summed E-state index contributed by atoms with van der Waals surface area (Å²) in [5.74, 6) is 6.56. The Morgan fingerprint density at radius 1 is 1.36 bits per heavy atom. The summed E-state index contributed by atoms with van der Waals surface area (Å²) in [5.41, 5.74) is 0. The van der Waals surface area contributed by atoms with Crippen molar-refractivity contribution in [3.8, 4) is 5.75 Å². The van der Waals surface area contributed by atoms with Crippen LogP contribution >= 0.6 is 11.8 Å². The first-order chi connectivity index (χ1) is 13.5. The van der Waals surface area contributed by atoms with E-state index in [1.165, 1.54) is 60.7 Å². The van der Waals surface area contributed by atoms with Gasteiger partial charge in [0.2, 0.25) is 11.1 Å². The molecule has 0 bridgehead atoms. The maximum Gasteiger partial charge on any atom is 0.233 e. The summed E-state index contributed by atoms with van der Waals surface area (Å²) >= 11 is 1.23. The van der Waals surface area contributed by atoms with E-state index in [-0.39, 0.29) is 23.5 Å². The smallest absolute Gasteiger partial charge is 0.233 e. The number of nitrogens with zero attached hydrogens (tertiary/aromatic N) is 3. The number of nitrogens with one attached hydrogen (secondary N) is 1. The van der Waals surface area contributed by atoms with E-state index < -0.39 is 5.82 Å². The Hall–Kier alpha value is -2.29. The predicted molar refractivity (Wildman–Crippen MR) is 106 cm³/mol. The molecular formula is C19H26FN5O2S. The van der Waals surface area contributed by atoms with Gasteiger partial charge in [-0.25, -0.2) is 9.07 Å². The fourth-order valence-corrected chi connectivity index (χ4v) is 4.00. The second-order valence-electron chi connectivity index (χ2n) is 7.00. The fourth-order valence-electron chi connectivity index (χ4n) is 3.18. The molecule has 7 nitrogen and oxygen atoms in total. The minimum Gasteiger partial charge on any atom is -0.482 e. The fraction of sp³-hybridized carbons (Fsp3) is 0.526. The molecule has 3 N–H and O–H groups in total. The predicted octanol–water partition coefficient (Wildman–Crippen LogP) is 2.89. The number of thioether (sulfide) groups is 1. The Bertz CT molecular complexity index is 794. The summed E-state index contributed by atoms with van der Waals surface area (Å²) in [7, 11) is 0. The van der Waals surface area contributed by atoms with Crippen LogP contribution in [0.2, 0.25) is 0 Å². The Morgan fingerprint density at radius 3 is 2.86 bits per heavy atom. The SMILES string of the molecule is CC(Sc1nnc(COc2ccccc2F)n1N)C(=O)NCC1CCCCC1. The molecule has 1 atom stereocenters. The van der Waals surface area contributed by atoms with E-state index in [1.54, 1.807) is 12.1 Å². The number of para-hydroxylation sites is 1. The van der Waals surface area contributed by atoms with Gasteiger partial charge in [0, 0.05) is 6.54 Å². The van der Waals surface area contributed by atoms with Crippen LogP contribution in [0.25, 0.3) is 0 Å². The number of nitrogens with two attached hydrogens (primary N) is 1. The highest BCUT2D eigenvalue weighted by molar-refractivity contribution is 8.00. The van der Waals surface area contributed by atoms with Crippen LogP contribution in [0.1, 0.15) is 44.9 Å². The largest absolute Gasteiger partial charge is 0.482 e. The Morgan fingerprint density at radius 2 is 2.11 bits per heavy atom. The van der Waals surface area contributed by atoms with Gasteiger partial charge in [-0.1, -0.05) is 43.2 Å². The lowest BCUT2D eigenvalue weighted by Gasteiger charge is -2.22. The highest BCUT2D eigenvalue weighted by Crippen LogP contribution is 2.24. The zero-order chi connectivity index (χ0) is 19.9. The minimum atomic E-state index is -0.455. The van der Waals surface area contributed by atoms with Crippen molar-refractivity contribution in [2.24, 2.45) is 5.92 Å². The number of carbonyl (C=O) groups is 1. The third kappa shape index (κ3) is 5.37. The lowest BCUT2D eigenvalue weighted by molar-refractivity contribution is -0.120. The van der Waals surface area contributed by atoms with Crippen molar-refractivity contribution in [3.05, 3.63) is 35.9 Å². The first-order valence-electron chi connectivity index (χ1n) is 9.55. The molecule has 28 heavy (non-hydrogen) atoms. The molecule has 1 amide bonds. The number of aromatic nitrogens is 3. The zero-order valence-corrected chi connectivity index (χ0v) is 16.8. The van der Waals surface area contributed by atoms with Crippen LogP contribution in [0.15, 0.2) is 29.4 Å². The Balaban J connectivity index is 1.50. The highest BCUT2D eigenvalue weighted by atomic mass is 32.2. The number of ether oxygens (including phenoxy) is 1. The summed E-state index contributed by atoms with van der Waals surface area (Å²) in [6.45, 7) is 2.51. The van der Waals surface area contributed by atoms with Crippen molar-refractivity contribution >= 4 is 17.7 Å². The summed E-state index contributed by atoms with van der Waals surface area (Å²) in [4.78, 5) is 12.4. The second kappa shape index (κ2) is 9.77. The number of hydrogen-bond acceptors (Lipinski definition) is 6. The van der Waals surface area contributed by atoms with Crippen LogP contribution in [0.3, 0.4) is 0 Å². The van der Waals surface area contributed by atoms with Gasteiger partial charge in [-0.05, 0) is 37.8 Å². The normalized spacial score (nSPS) is 15.9. The number of nitrogen functional groups attached to an aromatic ring is 1. The van der Waals surface area contributed by atoms with Gasteiger partial charge in [0.25, 0.3) is 0 Å². The quantitative estimate of drug-likeness (QED) is 0.516. The minimum absolute atomic E-state index is 0.0206. The standard InChI is InChI=1S/C19H26FN5O2S/c1-13(18(26)22-11-14-7-3-2-4-8-14)28-19-24-23-17(25(19)21)12-27-16-10-6-5-9-15(16)20/h5-6,9-10,13-14H,2-4,7-8,11-12,21H2,1H3,(H,22,26). The lowest BCUT2D eigenvalue weighted by atomic mass is 9.89. The van der Waals surface area contributed by atoms with E-state index in [2.05, 4.69) is 15.5 Å². The molecule has 9 heteroatoms. The molecule has 0 aliphatic heterocycles. The first-order valence-corrected chi connectivity index (χ1v) is 10.4. The zero-order valence-electron chi connectivity index (χ0n) is 15.9. The first kappa shape index (κ1) is 20.4. The number of amides is 1. The summed E-state index contributed by atoms with van der Waals surface area (Å²) in [5, 5.41) is 11.1. The van der Waals surface area contributed by atoms with E-state index >= 15 is 0 Å². The summed E-state index contributed by atoms with van der Waals surface area (Å²) < 4.78 is 20.3. The van der Waals surface area contributed by atoms with Gasteiger partial charge in [-0.15, -0.1) is 10.2 Å². The molecule has 1 aliphatic rings. The van der Waals surface area contributed by atoms with Gasteiger partial charge in [-0.2, -0.15) is 0 Å². The van der Waals surface area contributed by atoms with Crippen LogP contribution in [0.5, 0.6) is 5.75 Å². The third-order valence-electron chi connectivity index (χ3n) is 4.87. The Labute approximate surface area is 168 Å². The number of halogens is 1. The Kier molecular flexibility index (Phi) is 7.13. The average Bonchev–Trinajstić information content (AvgIpc) is 3.05. The molecule has 1 unspecified atom stereocenters. The molecule has 2 aromatic rings. The van der Waals surface area contributed by atoms with Gasteiger partial charge in [0.15, 0.2) is 17.4 Å². The summed E-state index contributed by atoms with van der Waals surface area (Å²) in [6.07, 6.45) is 6.16. The van der Waals surface area contributed by atoms with Gasteiger partial charge in [0.05, 0.1) is 5.25 Å². The number of hydrogen-bond donors (Lipinski definition) is 2. The van der Waals surface area contributed by atoms with Crippen LogP contribution in [0.4, 0.5) is 4.39 Å². The topological polar surface area (TPSA) is 95.1 Å². The van der Waals surface area contributed by atoms with E-state index in [9.17, 15) is 9.18 Å². The molecule has 1 aromatic carbocycles. The second-order valence-corrected chi connectivity index (χ2v) is 8.31. The van der Waals surface area contributed by atoms with Crippen molar-refractivity contribution in [2.45, 2.75) is 56.0 Å². The van der Waals surface area contributed by atoms with Gasteiger partial charge in [-0.3, -0.25) is 4.79 Å².